The third kappa shape index (κ3) is 8.41. The van der Waals surface area contributed by atoms with E-state index in [1.54, 1.807) is 23.1 Å². The molecule has 0 aliphatic heterocycles. The summed E-state index contributed by atoms with van der Waals surface area (Å²) in [6.07, 6.45) is 2.25. The molecule has 5 nitrogen and oxygen atoms in total. The van der Waals surface area contributed by atoms with Gasteiger partial charge in [0.1, 0.15) is 11.8 Å². The van der Waals surface area contributed by atoms with Gasteiger partial charge in [-0.3, -0.25) is 9.59 Å². The number of nitrogens with one attached hydrogen (secondary N) is 1. The summed E-state index contributed by atoms with van der Waals surface area (Å²) in [5.74, 6) is -0.0532. The molecule has 3 aromatic rings. The van der Waals surface area contributed by atoms with E-state index in [1.165, 1.54) is 0 Å². The zero-order chi connectivity index (χ0) is 25.0. The van der Waals surface area contributed by atoms with Crippen LogP contribution < -0.4 is 10.1 Å². The molecule has 0 fully saturated rings. The Morgan fingerprint density at radius 3 is 2.29 bits per heavy atom. The van der Waals surface area contributed by atoms with Crippen LogP contribution in [-0.2, 0) is 22.6 Å². The molecule has 3 aromatic carbocycles. The highest BCUT2D eigenvalue weighted by molar-refractivity contribution is 9.10. The minimum Gasteiger partial charge on any atom is -0.482 e. The lowest BCUT2D eigenvalue weighted by Gasteiger charge is -2.31. The van der Waals surface area contributed by atoms with Gasteiger partial charge < -0.3 is 15.0 Å². The highest BCUT2D eigenvalue weighted by atomic mass is 79.9. The van der Waals surface area contributed by atoms with Crippen molar-refractivity contribution in [3.05, 3.63) is 99.5 Å². The second-order valence-corrected chi connectivity index (χ2v) is 9.54. The standard InChI is InChI=1S/C28H30BrClN2O3/c1-2-3-16-31-28(34)25(17-21-10-6-4-7-11-21)32(19-22-12-8-5-9-13-22)27(33)20-35-26-15-14-23(29)18-24(26)30/h4-15,18,25H,2-3,16-17,19-20H2,1H3,(H,31,34)/t25-/m1/s1. The average molecular weight is 558 g/mol. The molecule has 35 heavy (non-hydrogen) atoms. The Bertz CT molecular complexity index is 1100. The van der Waals surface area contributed by atoms with Crippen molar-refractivity contribution in [3.63, 3.8) is 0 Å². The fourth-order valence-corrected chi connectivity index (χ4v) is 4.38. The smallest absolute Gasteiger partial charge is 0.261 e. The summed E-state index contributed by atoms with van der Waals surface area (Å²) < 4.78 is 6.59. The Balaban J connectivity index is 1.87. The fourth-order valence-electron chi connectivity index (χ4n) is 3.65. The van der Waals surface area contributed by atoms with Crippen molar-refractivity contribution in [3.8, 4) is 5.75 Å². The van der Waals surface area contributed by atoms with Crippen molar-refractivity contribution in [2.75, 3.05) is 13.2 Å². The number of carbonyl (C=O) groups excluding carboxylic acids is 2. The van der Waals surface area contributed by atoms with E-state index in [2.05, 4.69) is 28.2 Å². The second-order valence-electron chi connectivity index (χ2n) is 8.22. The Hall–Kier alpha value is -2.83. The molecule has 0 unspecified atom stereocenters. The number of rotatable bonds is 12. The predicted octanol–water partition coefficient (Wildman–Crippen LogP) is 6.04. The Morgan fingerprint density at radius 2 is 1.66 bits per heavy atom. The third-order valence-corrected chi connectivity index (χ3v) is 6.33. The van der Waals surface area contributed by atoms with E-state index in [9.17, 15) is 9.59 Å². The number of carbonyl (C=O) groups is 2. The summed E-state index contributed by atoms with van der Waals surface area (Å²) in [5.41, 5.74) is 1.91. The lowest BCUT2D eigenvalue weighted by atomic mass is 10.0. The number of nitrogens with zero attached hydrogens (tertiary/aromatic N) is 1. The molecular weight excluding hydrogens is 528 g/mol. The van der Waals surface area contributed by atoms with Crippen LogP contribution in [-0.4, -0.2) is 35.9 Å². The molecule has 0 spiro atoms. The molecular formula is C28H30BrClN2O3. The number of unbranched alkanes of at least 4 members (excludes halogenated alkanes) is 1. The summed E-state index contributed by atoms with van der Waals surface area (Å²) >= 11 is 9.64. The van der Waals surface area contributed by atoms with Gasteiger partial charge in [0, 0.05) is 24.0 Å². The molecule has 184 valence electrons. The lowest BCUT2D eigenvalue weighted by Crippen LogP contribution is -2.51. The summed E-state index contributed by atoms with van der Waals surface area (Å²) in [5, 5.41) is 3.42. The molecule has 2 amide bonds. The molecule has 0 saturated heterocycles. The van der Waals surface area contributed by atoms with Gasteiger partial charge >= 0.3 is 0 Å². The summed E-state index contributed by atoms with van der Waals surface area (Å²) in [6.45, 7) is 2.69. The van der Waals surface area contributed by atoms with E-state index in [1.807, 2.05) is 60.7 Å². The zero-order valence-corrected chi connectivity index (χ0v) is 22.1. The first kappa shape index (κ1) is 26.8. The van der Waals surface area contributed by atoms with Gasteiger partial charge in [0.15, 0.2) is 6.61 Å². The molecule has 7 heteroatoms. The highest BCUT2D eigenvalue weighted by Gasteiger charge is 2.30. The topological polar surface area (TPSA) is 58.6 Å². The first-order chi connectivity index (χ1) is 17.0. The van der Waals surface area contributed by atoms with E-state index >= 15 is 0 Å². The van der Waals surface area contributed by atoms with Crippen LogP contribution in [0.2, 0.25) is 5.02 Å². The molecule has 0 aliphatic rings. The van der Waals surface area contributed by atoms with Crippen molar-refractivity contribution in [1.82, 2.24) is 10.2 Å². The molecule has 0 radical (unpaired) electrons. The number of benzene rings is 3. The second kappa shape index (κ2) is 13.9. The Labute approximate surface area is 220 Å². The maximum Gasteiger partial charge on any atom is 0.261 e. The van der Waals surface area contributed by atoms with Gasteiger partial charge in [0.2, 0.25) is 5.91 Å². The fraction of sp³-hybridized carbons (Fsp3) is 0.286. The van der Waals surface area contributed by atoms with Crippen molar-refractivity contribution in [2.45, 2.75) is 38.8 Å². The van der Waals surface area contributed by atoms with Crippen LogP contribution >= 0.6 is 27.5 Å². The van der Waals surface area contributed by atoms with Gasteiger partial charge in [-0.2, -0.15) is 0 Å². The first-order valence-electron chi connectivity index (χ1n) is 11.7. The predicted molar refractivity (Wildman–Crippen MR) is 143 cm³/mol. The van der Waals surface area contributed by atoms with Gasteiger partial charge in [0.05, 0.1) is 5.02 Å². The number of halogens is 2. The van der Waals surface area contributed by atoms with E-state index in [0.717, 1.165) is 28.4 Å². The van der Waals surface area contributed by atoms with E-state index in [0.29, 0.717) is 23.7 Å². The normalized spacial score (nSPS) is 11.5. The van der Waals surface area contributed by atoms with Crippen molar-refractivity contribution >= 4 is 39.3 Å². The van der Waals surface area contributed by atoms with Crippen LogP contribution in [0.5, 0.6) is 5.75 Å². The van der Waals surface area contributed by atoms with Gasteiger partial charge in [-0.1, -0.05) is 102 Å². The minimum atomic E-state index is -0.689. The van der Waals surface area contributed by atoms with Crippen molar-refractivity contribution in [2.24, 2.45) is 0 Å². The van der Waals surface area contributed by atoms with Crippen LogP contribution in [0.1, 0.15) is 30.9 Å². The summed E-state index contributed by atoms with van der Waals surface area (Å²) in [7, 11) is 0. The van der Waals surface area contributed by atoms with Gasteiger partial charge in [-0.15, -0.1) is 0 Å². The lowest BCUT2D eigenvalue weighted by molar-refractivity contribution is -0.142. The maximum atomic E-state index is 13.5. The van der Waals surface area contributed by atoms with Crippen LogP contribution in [0.4, 0.5) is 0 Å². The molecule has 3 rings (SSSR count). The van der Waals surface area contributed by atoms with Gasteiger partial charge in [0.25, 0.3) is 5.91 Å². The number of hydrogen-bond donors (Lipinski definition) is 1. The van der Waals surface area contributed by atoms with Crippen LogP contribution in [0.15, 0.2) is 83.3 Å². The summed E-state index contributed by atoms with van der Waals surface area (Å²) in [6, 6.07) is 23.9. The number of amides is 2. The summed E-state index contributed by atoms with van der Waals surface area (Å²) in [4.78, 5) is 28.5. The van der Waals surface area contributed by atoms with Crippen LogP contribution in [0, 0.1) is 0 Å². The first-order valence-corrected chi connectivity index (χ1v) is 12.9. The molecule has 0 saturated carbocycles. The maximum absolute atomic E-state index is 13.5. The largest absolute Gasteiger partial charge is 0.482 e. The number of ether oxygens (including phenoxy) is 1. The van der Waals surface area contributed by atoms with E-state index in [-0.39, 0.29) is 25.0 Å². The highest BCUT2D eigenvalue weighted by Crippen LogP contribution is 2.28. The monoisotopic (exact) mass is 556 g/mol. The molecule has 0 bridgehead atoms. The number of hydrogen-bond acceptors (Lipinski definition) is 3. The van der Waals surface area contributed by atoms with Crippen molar-refractivity contribution in [1.29, 1.82) is 0 Å². The van der Waals surface area contributed by atoms with Crippen LogP contribution in [0.3, 0.4) is 0 Å². The molecule has 1 atom stereocenters. The molecule has 0 aromatic heterocycles. The Morgan fingerprint density at radius 1 is 1.00 bits per heavy atom. The Kier molecular flexibility index (Phi) is 10.6. The SMILES string of the molecule is CCCCNC(=O)[C@@H](Cc1ccccc1)N(Cc1ccccc1)C(=O)COc1ccc(Br)cc1Cl. The minimum absolute atomic E-state index is 0.173. The van der Waals surface area contributed by atoms with Gasteiger partial charge in [-0.25, -0.2) is 0 Å². The molecule has 0 heterocycles. The van der Waals surface area contributed by atoms with Gasteiger partial charge in [-0.05, 0) is 35.7 Å². The molecule has 1 N–H and O–H groups in total. The van der Waals surface area contributed by atoms with Crippen LogP contribution in [0.25, 0.3) is 0 Å². The van der Waals surface area contributed by atoms with Crippen molar-refractivity contribution < 1.29 is 14.3 Å². The third-order valence-electron chi connectivity index (χ3n) is 5.54. The molecule has 0 aliphatic carbocycles. The average Bonchev–Trinajstić information content (AvgIpc) is 2.86. The van der Waals surface area contributed by atoms with E-state index < -0.39 is 6.04 Å². The quantitative estimate of drug-likeness (QED) is 0.276. The van der Waals surface area contributed by atoms with E-state index in [4.69, 9.17) is 16.3 Å². The zero-order valence-electron chi connectivity index (χ0n) is 19.8.